The molecular formula is C13H16ClN7O. The molecule has 0 radical (unpaired) electrons. The minimum absolute atomic E-state index is 0.124. The van der Waals surface area contributed by atoms with E-state index in [2.05, 4.69) is 31.0 Å². The van der Waals surface area contributed by atoms with Crippen molar-refractivity contribution in [3.8, 4) is 0 Å². The summed E-state index contributed by atoms with van der Waals surface area (Å²) in [6, 6.07) is 7.30. The Kier molecular flexibility index (Phi) is 4.81. The second kappa shape index (κ2) is 7.19. The molecule has 0 bridgehead atoms. The first-order valence-electron chi connectivity index (χ1n) is 6.99. The van der Waals surface area contributed by atoms with Gasteiger partial charge in [0.2, 0.25) is 0 Å². The zero-order chi connectivity index (χ0) is 15.2. The molecule has 0 atom stereocenters. The molecule has 9 heteroatoms. The number of tetrazole rings is 1. The van der Waals surface area contributed by atoms with Crippen LogP contribution >= 0.6 is 11.6 Å². The molecule has 2 aromatic rings. The summed E-state index contributed by atoms with van der Waals surface area (Å²) in [6.07, 6.45) is 3.97. The van der Waals surface area contributed by atoms with Gasteiger partial charge in [0.15, 0.2) is 6.73 Å². The van der Waals surface area contributed by atoms with Gasteiger partial charge >= 0.3 is 0 Å². The molecule has 1 aromatic carbocycles. The van der Waals surface area contributed by atoms with Gasteiger partial charge in [0.05, 0.1) is 6.21 Å². The molecule has 1 aliphatic rings. The molecule has 1 fully saturated rings. The normalized spacial score (nSPS) is 14.9. The number of hydrogen-bond donors (Lipinski definition) is 1. The average Bonchev–Trinajstić information content (AvgIpc) is 3.19. The van der Waals surface area contributed by atoms with Gasteiger partial charge in [0.25, 0.3) is 5.95 Å². The van der Waals surface area contributed by atoms with E-state index in [0.717, 1.165) is 18.7 Å². The number of benzene rings is 1. The van der Waals surface area contributed by atoms with Gasteiger partial charge in [-0.1, -0.05) is 28.8 Å². The van der Waals surface area contributed by atoms with Crippen LogP contribution in [0.25, 0.3) is 0 Å². The molecule has 1 saturated heterocycles. The van der Waals surface area contributed by atoms with Crippen molar-refractivity contribution in [1.82, 2.24) is 25.8 Å². The summed E-state index contributed by atoms with van der Waals surface area (Å²) >= 11 is 5.80. The van der Waals surface area contributed by atoms with Gasteiger partial charge in [-0.15, -0.1) is 9.90 Å². The van der Waals surface area contributed by atoms with Crippen molar-refractivity contribution in [2.45, 2.75) is 19.6 Å². The number of aromatic nitrogens is 4. The van der Waals surface area contributed by atoms with Crippen molar-refractivity contribution in [3.63, 3.8) is 0 Å². The highest BCUT2D eigenvalue weighted by atomic mass is 35.5. The van der Waals surface area contributed by atoms with Gasteiger partial charge < -0.3 is 4.90 Å². The molecule has 0 amide bonds. The van der Waals surface area contributed by atoms with Gasteiger partial charge in [-0.2, -0.15) is 10.7 Å². The van der Waals surface area contributed by atoms with Gasteiger partial charge in [-0.05, 0) is 35.8 Å². The van der Waals surface area contributed by atoms with E-state index in [4.69, 9.17) is 16.4 Å². The molecule has 2 heterocycles. The van der Waals surface area contributed by atoms with Crippen LogP contribution in [0.5, 0.6) is 0 Å². The van der Waals surface area contributed by atoms with Crippen molar-refractivity contribution in [2.24, 2.45) is 5.10 Å². The maximum absolute atomic E-state index is 5.80. The molecule has 1 aliphatic heterocycles. The van der Waals surface area contributed by atoms with Gasteiger partial charge in [-0.25, -0.2) is 4.84 Å². The highest BCUT2D eigenvalue weighted by molar-refractivity contribution is 6.30. The van der Waals surface area contributed by atoms with Crippen molar-refractivity contribution in [1.29, 1.82) is 0 Å². The highest BCUT2D eigenvalue weighted by Crippen LogP contribution is 2.13. The summed E-state index contributed by atoms with van der Waals surface area (Å²) in [5.41, 5.74) is 3.38. The lowest BCUT2D eigenvalue weighted by atomic mass is 10.2. The standard InChI is InChI=1S/C13H16ClN7O/c14-12-5-3-11(4-6-12)9-15-19-22-10-21-17-13(16-18-21)20-7-1-2-8-20/h3-6,9,19H,1-2,7-8,10H2/b15-9+. The van der Waals surface area contributed by atoms with E-state index in [1.807, 2.05) is 12.1 Å². The van der Waals surface area contributed by atoms with Crippen molar-refractivity contribution in [3.05, 3.63) is 34.9 Å². The van der Waals surface area contributed by atoms with Crippen LogP contribution in [-0.4, -0.2) is 39.5 Å². The molecular weight excluding hydrogens is 306 g/mol. The fraction of sp³-hybridized carbons (Fsp3) is 0.385. The number of rotatable bonds is 6. The summed E-state index contributed by atoms with van der Waals surface area (Å²) in [7, 11) is 0. The second-order valence-electron chi connectivity index (χ2n) is 4.83. The van der Waals surface area contributed by atoms with Gasteiger partial charge in [0.1, 0.15) is 0 Å². The van der Waals surface area contributed by atoms with E-state index >= 15 is 0 Å². The van der Waals surface area contributed by atoms with E-state index in [1.165, 1.54) is 17.6 Å². The fourth-order valence-corrected chi connectivity index (χ4v) is 2.23. The first kappa shape index (κ1) is 14.7. The largest absolute Gasteiger partial charge is 0.338 e. The number of hydrazone groups is 1. The number of anilines is 1. The van der Waals surface area contributed by atoms with Crippen LogP contribution in [0.1, 0.15) is 18.4 Å². The smallest absolute Gasteiger partial charge is 0.266 e. The molecule has 0 spiro atoms. The zero-order valence-corrected chi connectivity index (χ0v) is 12.6. The first-order valence-corrected chi connectivity index (χ1v) is 7.37. The Balaban J connectivity index is 1.42. The molecule has 116 valence electrons. The van der Waals surface area contributed by atoms with E-state index < -0.39 is 0 Å². The molecule has 1 N–H and O–H groups in total. The van der Waals surface area contributed by atoms with Crippen molar-refractivity contribution in [2.75, 3.05) is 18.0 Å². The number of nitrogens with one attached hydrogen (secondary N) is 1. The van der Waals surface area contributed by atoms with Crippen LogP contribution < -0.4 is 10.5 Å². The Morgan fingerprint density at radius 3 is 2.82 bits per heavy atom. The third-order valence-corrected chi connectivity index (χ3v) is 3.46. The van der Waals surface area contributed by atoms with Crippen molar-refractivity contribution >= 4 is 23.8 Å². The van der Waals surface area contributed by atoms with E-state index in [-0.39, 0.29) is 6.73 Å². The number of halogens is 1. The number of hydrogen-bond acceptors (Lipinski definition) is 7. The van der Waals surface area contributed by atoms with Crippen LogP contribution in [0.4, 0.5) is 5.95 Å². The third kappa shape index (κ3) is 3.92. The maximum Gasteiger partial charge on any atom is 0.266 e. The van der Waals surface area contributed by atoms with Crippen LogP contribution in [0.2, 0.25) is 5.02 Å². The number of nitrogens with zero attached hydrogens (tertiary/aromatic N) is 6. The summed E-state index contributed by atoms with van der Waals surface area (Å²) in [5, 5.41) is 16.8. The molecule has 22 heavy (non-hydrogen) atoms. The molecule has 3 rings (SSSR count). The summed E-state index contributed by atoms with van der Waals surface area (Å²) in [6.45, 7) is 2.09. The second-order valence-corrected chi connectivity index (χ2v) is 5.27. The minimum Gasteiger partial charge on any atom is -0.338 e. The predicted molar refractivity (Wildman–Crippen MR) is 82.5 cm³/mol. The van der Waals surface area contributed by atoms with Crippen LogP contribution in [0.15, 0.2) is 29.4 Å². The lowest BCUT2D eigenvalue weighted by molar-refractivity contribution is -0.0173. The lowest BCUT2D eigenvalue weighted by Gasteiger charge is -2.09. The first-order chi connectivity index (χ1) is 10.8. The van der Waals surface area contributed by atoms with Gasteiger partial charge in [0, 0.05) is 18.1 Å². The quantitative estimate of drug-likeness (QED) is 0.492. The SMILES string of the molecule is Clc1ccc(/C=N/NOCn2nnc(N3CCCC3)n2)cc1. The minimum atomic E-state index is 0.124. The van der Waals surface area contributed by atoms with Crippen LogP contribution in [0.3, 0.4) is 0 Å². The summed E-state index contributed by atoms with van der Waals surface area (Å²) in [5.74, 6) is 0.644. The van der Waals surface area contributed by atoms with Crippen molar-refractivity contribution < 1.29 is 4.84 Å². The Hall–Kier alpha value is -2.19. The lowest BCUT2D eigenvalue weighted by Crippen LogP contribution is -2.19. The molecule has 0 aliphatic carbocycles. The van der Waals surface area contributed by atoms with E-state index in [0.29, 0.717) is 11.0 Å². The summed E-state index contributed by atoms with van der Waals surface area (Å²) < 4.78 is 0. The van der Waals surface area contributed by atoms with Gasteiger partial charge in [-0.3, -0.25) is 0 Å². The predicted octanol–water partition coefficient (Wildman–Crippen LogP) is 1.44. The Labute approximate surface area is 132 Å². The zero-order valence-electron chi connectivity index (χ0n) is 11.9. The fourth-order valence-electron chi connectivity index (χ4n) is 2.11. The molecule has 8 nitrogen and oxygen atoms in total. The van der Waals surface area contributed by atoms with E-state index in [1.54, 1.807) is 18.3 Å². The summed E-state index contributed by atoms with van der Waals surface area (Å²) in [4.78, 5) is 8.63. The molecule has 1 aromatic heterocycles. The maximum atomic E-state index is 5.80. The van der Waals surface area contributed by atoms with Crippen LogP contribution in [-0.2, 0) is 11.6 Å². The molecule has 0 saturated carbocycles. The Morgan fingerprint density at radius 1 is 1.27 bits per heavy atom. The van der Waals surface area contributed by atoms with E-state index in [9.17, 15) is 0 Å². The molecule has 0 unspecified atom stereocenters. The Morgan fingerprint density at radius 2 is 2.05 bits per heavy atom. The monoisotopic (exact) mass is 321 g/mol. The Bertz CT molecular complexity index is 622. The van der Waals surface area contributed by atoms with Crippen LogP contribution in [0, 0.1) is 0 Å². The third-order valence-electron chi connectivity index (χ3n) is 3.21. The highest BCUT2D eigenvalue weighted by Gasteiger charge is 2.16. The average molecular weight is 322 g/mol. The topological polar surface area (TPSA) is 80.5 Å².